The van der Waals surface area contributed by atoms with Crippen LogP contribution in [-0.4, -0.2) is 30.5 Å². The van der Waals surface area contributed by atoms with Crippen LogP contribution in [0.3, 0.4) is 0 Å². The molecule has 0 aromatic carbocycles. The largest absolute Gasteiger partial charge is 0.464 e. The summed E-state index contributed by atoms with van der Waals surface area (Å²) in [6, 6.07) is 2.79. The van der Waals surface area contributed by atoms with Crippen LogP contribution in [0.4, 0.5) is 0 Å². The molecule has 0 aliphatic rings. The number of ether oxygens (including phenoxy) is 1. The predicted molar refractivity (Wildman–Crippen MR) is 90.0 cm³/mol. The number of methoxy groups -OCH3 is 1. The van der Waals surface area contributed by atoms with Gasteiger partial charge in [-0.25, -0.2) is 23.2 Å². The van der Waals surface area contributed by atoms with E-state index in [0.29, 0.717) is 0 Å². The second kappa shape index (κ2) is 6.27. The number of carbonyl (C=O) groups is 1. The number of pyridine rings is 1. The van der Waals surface area contributed by atoms with E-state index in [4.69, 9.17) is 16.4 Å². The first-order valence-corrected chi connectivity index (χ1v) is 11.6. The molecule has 22 heavy (non-hydrogen) atoms. The highest BCUT2D eigenvalue weighted by Gasteiger charge is 2.39. The summed E-state index contributed by atoms with van der Waals surface area (Å²) in [6.45, 7) is 10.1. The summed E-state index contributed by atoms with van der Waals surface area (Å²) in [5.41, 5.74) is -0.193. The molecule has 1 rings (SSSR count). The minimum atomic E-state index is -3.41. The van der Waals surface area contributed by atoms with Gasteiger partial charge in [-0.05, 0) is 17.2 Å². The summed E-state index contributed by atoms with van der Waals surface area (Å²) in [7, 11) is -4.45. The second-order valence-electron chi connectivity index (χ2n) is 6.51. The summed E-state index contributed by atoms with van der Waals surface area (Å²) >= 11 is 5.79. The first-order chi connectivity index (χ1) is 9.82. The third kappa shape index (κ3) is 4.06. The molecule has 0 aliphatic carbocycles. The van der Waals surface area contributed by atoms with Crippen molar-refractivity contribution >= 4 is 35.7 Å². The molecule has 1 heterocycles. The number of hydrogen-bond acceptors (Lipinski definition) is 5. The molecule has 0 saturated carbocycles. The quantitative estimate of drug-likeness (QED) is 0.487. The molecule has 0 spiro atoms. The Balaban J connectivity index is 3.39. The molecule has 0 radical (unpaired) electrons. The van der Waals surface area contributed by atoms with E-state index in [9.17, 15) is 9.00 Å². The molecule has 0 amide bonds. The molecule has 2 N–H and O–H groups in total. The smallest absolute Gasteiger partial charge is 0.358 e. The molecule has 9 heteroatoms. The number of nitrogens with one attached hydrogen (secondary N) is 2. The lowest BCUT2D eigenvalue weighted by atomic mass is 10.2. The molecular weight excluding hydrogens is 342 g/mol. The summed E-state index contributed by atoms with van der Waals surface area (Å²) in [6.07, 6.45) is 0. The lowest BCUT2D eigenvalue weighted by Gasteiger charge is -2.37. The fourth-order valence-corrected chi connectivity index (χ4v) is 6.81. The van der Waals surface area contributed by atoms with Gasteiger partial charge in [0.1, 0.15) is 23.3 Å². The average molecular weight is 364 g/mol. The minimum Gasteiger partial charge on any atom is -0.464 e. The molecule has 0 saturated heterocycles. The van der Waals surface area contributed by atoms with Crippen LogP contribution in [0, 0.1) is 4.78 Å². The molecule has 0 aliphatic heterocycles. The number of halogens is 1. The van der Waals surface area contributed by atoms with Crippen molar-refractivity contribution in [2.75, 3.05) is 7.11 Å². The van der Waals surface area contributed by atoms with Crippen molar-refractivity contribution < 1.29 is 13.7 Å². The lowest BCUT2D eigenvalue weighted by Crippen LogP contribution is -2.54. The van der Waals surface area contributed by atoms with Crippen LogP contribution in [0.5, 0.6) is 0 Å². The van der Waals surface area contributed by atoms with Gasteiger partial charge >= 0.3 is 5.97 Å². The molecule has 124 valence electrons. The van der Waals surface area contributed by atoms with Crippen LogP contribution in [0.25, 0.3) is 0 Å². The molecule has 1 unspecified atom stereocenters. The SMILES string of the molecule is COC(=O)c1nc(Cl)ccc1S(=N)(=O)N[Si](C)(C)C(C)(C)C. The third-order valence-corrected chi connectivity index (χ3v) is 11.9. The van der Waals surface area contributed by atoms with Crippen molar-refractivity contribution in [3.05, 3.63) is 23.0 Å². The van der Waals surface area contributed by atoms with E-state index in [1.807, 2.05) is 33.9 Å². The van der Waals surface area contributed by atoms with E-state index in [2.05, 4.69) is 14.1 Å². The minimum absolute atomic E-state index is 0.00595. The monoisotopic (exact) mass is 363 g/mol. The Morgan fingerprint density at radius 3 is 2.41 bits per heavy atom. The number of rotatable bonds is 4. The zero-order valence-electron chi connectivity index (χ0n) is 13.6. The van der Waals surface area contributed by atoms with Gasteiger partial charge in [0.2, 0.25) is 0 Å². The standard InChI is InChI=1S/C13H22ClN3O3SSi/c1-13(2,3)22(5,6)17-21(15,19)9-7-8-10(14)16-11(9)12(18)20-4/h7-8H,1-6H3,(H2,15,17,19). The normalized spacial score (nSPS) is 15.2. The second-order valence-corrected chi connectivity index (χ2v) is 14.0. The van der Waals surface area contributed by atoms with Crippen LogP contribution in [0.1, 0.15) is 31.3 Å². The van der Waals surface area contributed by atoms with Gasteiger partial charge in [-0.1, -0.05) is 45.5 Å². The summed E-state index contributed by atoms with van der Waals surface area (Å²) < 4.78 is 28.8. The summed E-state index contributed by atoms with van der Waals surface area (Å²) in [5.74, 6) is -0.769. The van der Waals surface area contributed by atoms with E-state index in [0.717, 1.165) is 0 Å². The van der Waals surface area contributed by atoms with Crippen molar-refractivity contribution in [2.45, 2.75) is 43.8 Å². The highest BCUT2D eigenvalue weighted by atomic mass is 35.5. The molecule has 0 fully saturated rings. The third-order valence-electron chi connectivity index (χ3n) is 3.79. The zero-order valence-corrected chi connectivity index (χ0v) is 16.2. The number of nitrogens with zero attached hydrogens (tertiary/aromatic N) is 1. The van der Waals surface area contributed by atoms with Crippen LogP contribution in [0.2, 0.25) is 23.3 Å². The van der Waals surface area contributed by atoms with Crippen molar-refractivity contribution in [1.29, 1.82) is 4.78 Å². The Hall–Kier alpha value is -0.963. The maximum Gasteiger partial charge on any atom is 0.358 e. The van der Waals surface area contributed by atoms with Crippen LogP contribution < -0.4 is 4.39 Å². The van der Waals surface area contributed by atoms with Gasteiger partial charge in [-0.15, -0.1) is 0 Å². The Labute approximate surface area is 137 Å². The van der Waals surface area contributed by atoms with Gasteiger partial charge in [0, 0.05) is 0 Å². The van der Waals surface area contributed by atoms with E-state index in [-0.39, 0.29) is 20.8 Å². The van der Waals surface area contributed by atoms with Crippen molar-refractivity contribution in [3.8, 4) is 0 Å². The Kier molecular flexibility index (Phi) is 5.44. The van der Waals surface area contributed by atoms with Crippen LogP contribution in [-0.2, 0) is 14.7 Å². The highest BCUT2D eigenvalue weighted by molar-refractivity contribution is 7.92. The number of esters is 1. The van der Waals surface area contributed by atoms with E-state index < -0.39 is 24.1 Å². The fraction of sp³-hybridized carbons (Fsp3) is 0.538. The highest BCUT2D eigenvalue weighted by Crippen LogP contribution is 2.35. The molecule has 1 aromatic rings. The van der Waals surface area contributed by atoms with E-state index in [1.165, 1.54) is 19.2 Å². The Morgan fingerprint density at radius 1 is 1.41 bits per heavy atom. The topological polar surface area (TPSA) is 92.1 Å². The first kappa shape index (κ1) is 19.1. The number of hydrogen-bond donors (Lipinski definition) is 2. The summed E-state index contributed by atoms with van der Waals surface area (Å²) in [5, 5.41) is -0.0474. The van der Waals surface area contributed by atoms with Gasteiger partial charge < -0.3 is 4.74 Å². The molecule has 0 bridgehead atoms. The van der Waals surface area contributed by atoms with Crippen LogP contribution >= 0.6 is 11.6 Å². The lowest BCUT2D eigenvalue weighted by molar-refractivity contribution is 0.0589. The van der Waals surface area contributed by atoms with Crippen LogP contribution in [0.15, 0.2) is 17.0 Å². The van der Waals surface area contributed by atoms with Crippen molar-refractivity contribution in [1.82, 2.24) is 9.37 Å². The zero-order chi connectivity index (χ0) is 17.3. The molecule has 6 nitrogen and oxygen atoms in total. The predicted octanol–water partition coefficient (Wildman–Crippen LogP) is 3.44. The van der Waals surface area contributed by atoms with Gasteiger partial charge in [-0.2, -0.15) is 0 Å². The maximum atomic E-state index is 12.9. The maximum absolute atomic E-state index is 12.9. The molecule has 1 atom stereocenters. The van der Waals surface area contributed by atoms with Gasteiger partial charge in [0.05, 0.1) is 12.0 Å². The summed E-state index contributed by atoms with van der Waals surface area (Å²) in [4.78, 5) is 15.7. The Morgan fingerprint density at radius 2 is 1.95 bits per heavy atom. The van der Waals surface area contributed by atoms with E-state index >= 15 is 0 Å². The van der Waals surface area contributed by atoms with Gasteiger partial charge in [0.25, 0.3) is 0 Å². The van der Waals surface area contributed by atoms with Gasteiger partial charge in [0.15, 0.2) is 5.69 Å². The molecule has 1 aromatic heterocycles. The first-order valence-electron chi connectivity index (χ1n) is 6.64. The number of carbonyl (C=O) groups excluding carboxylic acids is 1. The molecular formula is C13H22ClN3O3SSi. The van der Waals surface area contributed by atoms with Gasteiger partial charge in [-0.3, -0.25) is 0 Å². The van der Waals surface area contributed by atoms with Crippen molar-refractivity contribution in [3.63, 3.8) is 0 Å². The van der Waals surface area contributed by atoms with E-state index in [1.54, 1.807) is 0 Å². The Bertz CT molecular complexity index is 684. The van der Waals surface area contributed by atoms with Crippen molar-refractivity contribution in [2.24, 2.45) is 0 Å². The average Bonchev–Trinajstić information content (AvgIpc) is 2.34. The fourth-order valence-electron chi connectivity index (χ4n) is 1.46. The number of aromatic nitrogens is 1.